The van der Waals surface area contributed by atoms with Crippen molar-refractivity contribution in [1.82, 2.24) is 9.62 Å². The number of nitrogens with zero attached hydrogens (tertiary/aromatic N) is 1. The van der Waals surface area contributed by atoms with E-state index in [0.29, 0.717) is 25.9 Å². The summed E-state index contributed by atoms with van der Waals surface area (Å²) in [4.78, 5) is 12.0. The van der Waals surface area contributed by atoms with Crippen molar-refractivity contribution in [3.05, 3.63) is 12.2 Å². The van der Waals surface area contributed by atoms with Gasteiger partial charge in [0.15, 0.2) is 0 Å². The lowest BCUT2D eigenvalue weighted by atomic mass is 9.93. The topological polar surface area (TPSA) is 66.5 Å². The molecule has 1 N–H and O–H groups in total. The van der Waals surface area contributed by atoms with Crippen LogP contribution in [0.3, 0.4) is 0 Å². The summed E-state index contributed by atoms with van der Waals surface area (Å²) < 4.78 is 24.7. The molecule has 6 heteroatoms. The summed E-state index contributed by atoms with van der Waals surface area (Å²) in [6.07, 6.45) is 6.76. The van der Waals surface area contributed by atoms with Crippen LogP contribution in [0.4, 0.5) is 0 Å². The Kier molecular flexibility index (Phi) is 2.79. The van der Waals surface area contributed by atoms with Crippen LogP contribution in [-0.2, 0) is 14.8 Å². The number of carbonyl (C=O) groups excluding carboxylic acids is 1. The van der Waals surface area contributed by atoms with Gasteiger partial charge in [-0.3, -0.25) is 4.79 Å². The minimum absolute atomic E-state index is 0.166. The molecule has 0 saturated carbocycles. The van der Waals surface area contributed by atoms with Gasteiger partial charge in [0.05, 0.1) is 6.26 Å². The van der Waals surface area contributed by atoms with E-state index in [9.17, 15) is 13.2 Å². The van der Waals surface area contributed by atoms with Crippen LogP contribution in [0.2, 0.25) is 0 Å². The molecular formula is C10H16N2O3S. The molecule has 2 rings (SSSR count). The highest BCUT2D eigenvalue weighted by Gasteiger charge is 2.50. The smallest absolute Gasteiger partial charge is 0.242 e. The molecule has 2 aliphatic heterocycles. The maximum Gasteiger partial charge on any atom is 0.242 e. The second-order valence-corrected chi connectivity index (χ2v) is 6.26. The quantitative estimate of drug-likeness (QED) is 0.653. The van der Waals surface area contributed by atoms with E-state index in [1.165, 1.54) is 10.6 Å². The summed E-state index contributed by atoms with van der Waals surface area (Å²) in [7, 11) is -3.32. The zero-order valence-corrected chi connectivity index (χ0v) is 10.1. The Balaban J connectivity index is 2.41. The maximum atomic E-state index is 12.0. The maximum absolute atomic E-state index is 12.0. The highest BCUT2D eigenvalue weighted by atomic mass is 32.2. The number of sulfonamides is 1. The Hall–Kier alpha value is -0.880. The van der Waals surface area contributed by atoms with Crippen molar-refractivity contribution >= 4 is 15.9 Å². The van der Waals surface area contributed by atoms with Gasteiger partial charge in [0.25, 0.3) is 0 Å². The van der Waals surface area contributed by atoms with Gasteiger partial charge in [0, 0.05) is 13.1 Å². The first-order valence-corrected chi connectivity index (χ1v) is 7.23. The molecule has 1 saturated heterocycles. The SMILES string of the molecule is CS(=O)(=O)N1CCCC12CC=CCNC2=O. The van der Waals surface area contributed by atoms with Crippen LogP contribution in [0, 0.1) is 0 Å². The van der Waals surface area contributed by atoms with E-state index in [2.05, 4.69) is 5.32 Å². The molecule has 1 atom stereocenters. The Bertz CT molecular complexity index is 429. The first kappa shape index (κ1) is 11.6. The third-order valence-electron chi connectivity index (χ3n) is 3.25. The zero-order valence-electron chi connectivity index (χ0n) is 9.27. The van der Waals surface area contributed by atoms with Gasteiger partial charge in [-0.25, -0.2) is 8.42 Å². The van der Waals surface area contributed by atoms with Gasteiger partial charge >= 0.3 is 0 Å². The normalized spacial score (nSPS) is 31.7. The van der Waals surface area contributed by atoms with Crippen LogP contribution < -0.4 is 5.32 Å². The lowest BCUT2D eigenvalue weighted by Gasteiger charge is -2.33. The van der Waals surface area contributed by atoms with Crippen LogP contribution in [0.1, 0.15) is 19.3 Å². The second kappa shape index (κ2) is 3.85. The molecule has 0 aromatic rings. The van der Waals surface area contributed by atoms with Crippen LogP contribution in [0.25, 0.3) is 0 Å². The Morgan fingerprint density at radius 1 is 1.44 bits per heavy atom. The number of hydrogen-bond acceptors (Lipinski definition) is 3. The molecule has 1 fully saturated rings. The number of amides is 1. The number of carbonyl (C=O) groups is 1. The Labute approximate surface area is 95.6 Å². The Morgan fingerprint density at radius 3 is 2.88 bits per heavy atom. The predicted octanol–water partition coefficient (Wildman–Crippen LogP) is -0.143. The zero-order chi connectivity index (χ0) is 11.8. The van der Waals surface area contributed by atoms with Crippen LogP contribution >= 0.6 is 0 Å². The number of hydrogen-bond donors (Lipinski definition) is 1. The molecule has 0 radical (unpaired) electrons. The first-order chi connectivity index (χ1) is 7.47. The van der Waals surface area contributed by atoms with Gasteiger partial charge in [-0.1, -0.05) is 12.2 Å². The van der Waals surface area contributed by atoms with Gasteiger partial charge in [-0.2, -0.15) is 4.31 Å². The minimum Gasteiger partial charge on any atom is -0.351 e. The van der Waals surface area contributed by atoms with Crippen molar-refractivity contribution in [1.29, 1.82) is 0 Å². The van der Waals surface area contributed by atoms with E-state index in [1.807, 2.05) is 12.2 Å². The Morgan fingerprint density at radius 2 is 2.19 bits per heavy atom. The predicted molar refractivity (Wildman–Crippen MR) is 60.3 cm³/mol. The van der Waals surface area contributed by atoms with Gasteiger partial charge in [0.1, 0.15) is 5.54 Å². The largest absolute Gasteiger partial charge is 0.351 e. The van der Waals surface area contributed by atoms with Crippen LogP contribution in [0.15, 0.2) is 12.2 Å². The summed E-state index contributed by atoms with van der Waals surface area (Å²) in [6, 6.07) is 0. The van der Waals surface area contributed by atoms with Crippen molar-refractivity contribution in [2.24, 2.45) is 0 Å². The van der Waals surface area contributed by atoms with E-state index >= 15 is 0 Å². The second-order valence-electron chi connectivity index (χ2n) is 4.36. The van der Waals surface area contributed by atoms with Crippen LogP contribution in [-0.4, -0.2) is 43.5 Å². The number of rotatable bonds is 1. The highest BCUT2D eigenvalue weighted by Crippen LogP contribution is 2.35. The molecule has 0 aromatic carbocycles. The fourth-order valence-electron chi connectivity index (χ4n) is 2.54. The van der Waals surface area contributed by atoms with Gasteiger partial charge in [-0.15, -0.1) is 0 Å². The van der Waals surface area contributed by atoms with Crippen LogP contribution in [0.5, 0.6) is 0 Å². The summed E-state index contributed by atoms with van der Waals surface area (Å²) in [6.45, 7) is 0.929. The van der Waals surface area contributed by atoms with Gasteiger partial charge < -0.3 is 5.32 Å². The third-order valence-corrected chi connectivity index (χ3v) is 4.59. The molecular weight excluding hydrogens is 228 g/mol. The summed E-state index contributed by atoms with van der Waals surface area (Å²) in [5, 5.41) is 2.75. The fraction of sp³-hybridized carbons (Fsp3) is 0.700. The minimum atomic E-state index is -3.32. The molecule has 5 nitrogen and oxygen atoms in total. The van der Waals surface area contributed by atoms with E-state index < -0.39 is 15.6 Å². The summed E-state index contributed by atoms with van der Waals surface area (Å²) >= 11 is 0. The molecule has 2 aliphatic rings. The number of nitrogens with one attached hydrogen (secondary N) is 1. The summed E-state index contributed by atoms with van der Waals surface area (Å²) in [5.41, 5.74) is -0.874. The standard InChI is InChI=1S/C10H16N2O3S/c1-16(14,15)12-8-4-6-10(12)5-2-3-7-11-9(10)13/h2-3H,4-8H2,1H3,(H,11,13). The molecule has 16 heavy (non-hydrogen) atoms. The van der Waals surface area contributed by atoms with E-state index in [-0.39, 0.29) is 5.91 Å². The van der Waals surface area contributed by atoms with Crippen molar-refractivity contribution in [3.63, 3.8) is 0 Å². The van der Waals surface area contributed by atoms with Crippen molar-refractivity contribution in [2.45, 2.75) is 24.8 Å². The van der Waals surface area contributed by atoms with Crippen molar-refractivity contribution in [3.8, 4) is 0 Å². The lowest BCUT2D eigenvalue weighted by molar-refractivity contribution is -0.129. The summed E-state index contributed by atoms with van der Waals surface area (Å²) in [5.74, 6) is -0.166. The van der Waals surface area contributed by atoms with E-state index in [1.54, 1.807) is 0 Å². The first-order valence-electron chi connectivity index (χ1n) is 5.38. The lowest BCUT2D eigenvalue weighted by Crippen LogP contribution is -2.56. The monoisotopic (exact) mass is 244 g/mol. The van der Waals surface area contributed by atoms with Crippen molar-refractivity contribution < 1.29 is 13.2 Å². The molecule has 90 valence electrons. The molecule has 2 heterocycles. The molecule has 1 spiro atoms. The van der Waals surface area contributed by atoms with Gasteiger partial charge in [0.2, 0.25) is 15.9 Å². The average molecular weight is 244 g/mol. The highest BCUT2D eigenvalue weighted by molar-refractivity contribution is 7.88. The van der Waals surface area contributed by atoms with Gasteiger partial charge in [-0.05, 0) is 19.3 Å². The van der Waals surface area contributed by atoms with E-state index in [0.717, 1.165) is 6.42 Å². The molecule has 0 aliphatic carbocycles. The van der Waals surface area contributed by atoms with Crippen molar-refractivity contribution in [2.75, 3.05) is 19.3 Å². The molecule has 1 amide bonds. The van der Waals surface area contributed by atoms with E-state index in [4.69, 9.17) is 0 Å². The third kappa shape index (κ3) is 1.76. The average Bonchev–Trinajstić information content (AvgIpc) is 2.53. The molecule has 0 aromatic heterocycles. The molecule has 0 bridgehead atoms. The molecule has 1 unspecified atom stereocenters. The fourth-order valence-corrected chi connectivity index (χ4v) is 3.88.